The summed E-state index contributed by atoms with van der Waals surface area (Å²) >= 11 is 5.85. The minimum Gasteiger partial charge on any atom is -0.433 e. The SMILES string of the molecule is O=C(NC1CC(O)(C(F)(F)F)C1)c1cnc2cc(OC(F)F)c(Cl)cc2c1. The molecule has 0 aliphatic heterocycles. The second-order valence-corrected chi connectivity index (χ2v) is 6.59. The summed E-state index contributed by atoms with van der Waals surface area (Å²) in [5, 5.41) is 12.0. The Bertz CT molecular complexity index is 884. The summed E-state index contributed by atoms with van der Waals surface area (Å²) in [6.45, 7) is -3.07. The fourth-order valence-electron chi connectivity index (χ4n) is 2.80. The normalized spacial score (nSPS) is 22.6. The third-order valence-electron chi connectivity index (χ3n) is 4.24. The predicted octanol–water partition coefficient (Wildman–Crippen LogP) is 3.68. The molecule has 1 saturated carbocycles. The molecule has 1 aliphatic rings. The quantitative estimate of drug-likeness (QED) is 0.754. The molecule has 146 valence electrons. The second-order valence-electron chi connectivity index (χ2n) is 6.19. The molecule has 11 heteroatoms. The van der Waals surface area contributed by atoms with Crippen LogP contribution in [0.3, 0.4) is 0 Å². The molecule has 27 heavy (non-hydrogen) atoms. The van der Waals surface area contributed by atoms with E-state index >= 15 is 0 Å². The molecule has 0 spiro atoms. The highest BCUT2D eigenvalue weighted by Gasteiger charge is 2.61. The Hall–Kier alpha value is -2.20. The van der Waals surface area contributed by atoms with Crippen molar-refractivity contribution in [3.05, 3.63) is 35.0 Å². The van der Waals surface area contributed by atoms with Gasteiger partial charge in [-0.2, -0.15) is 22.0 Å². The highest BCUT2D eigenvalue weighted by Crippen LogP contribution is 2.45. The van der Waals surface area contributed by atoms with Crippen LogP contribution in [-0.4, -0.2) is 40.4 Å². The van der Waals surface area contributed by atoms with Crippen LogP contribution in [0.2, 0.25) is 5.02 Å². The molecule has 5 nitrogen and oxygen atoms in total. The van der Waals surface area contributed by atoms with Crippen molar-refractivity contribution in [3.63, 3.8) is 0 Å². The van der Waals surface area contributed by atoms with Gasteiger partial charge in [-0.15, -0.1) is 0 Å². The lowest BCUT2D eigenvalue weighted by Gasteiger charge is -2.44. The van der Waals surface area contributed by atoms with Crippen LogP contribution in [0, 0.1) is 0 Å². The van der Waals surface area contributed by atoms with Crippen molar-refractivity contribution >= 4 is 28.4 Å². The van der Waals surface area contributed by atoms with Gasteiger partial charge in [0.2, 0.25) is 0 Å². The van der Waals surface area contributed by atoms with Crippen LogP contribution in [0.5, 0.6) is 5.75 Å². The number of benzene rings is 1. The van der Waals surface area contributed by atoms with E-state index in [2.05, 4.69) is 15.0 Å². The lowest BCUT2D eigenvalue weighted by molar-refractivity contribution is -0.291. The van der Waals surface area contributed by atoms with Gasteiger partial charge in [0.25, 0.3) is 5.91 Å². The monoisotopic (exact) mass is 410 g/mol. The number of nitrogens with zero attached hydrogens (tertiary/aromatic N) is 1. The molecule has 0 atom stereocenters. The van der Waals surface area contributed by atoms with Crippen LogP contribution in [0.4, 0.5) is 22.0 Å². The van der Waals surface area contributed by atoms with E-state index in [0.29, 0.717) is 5.39 Å². The highest BCUT2D eigenvalue weighted by molar-refractivity contribution is 6.32. The zero-order chi connectivity index (χ0) is 20.0. The van der Waals surface area contributed by atoms with Crippen LogP contribution >= 0.6 is 11.6 Å². The first kappa shape index (κ1) is 19.6. The first-order chi connectivity index (χ1) is 12.5. The van der Waals surface area contributed by atoms with Gasteiger partial charge in [0, 0.05) is 36.5 Å². The Morgan fingerprint density at radius 2 is 2.00 bits per heavy atom. The Labute approximate surface area is 154 Å². The fraction of sp³-hybridized carbons (Fsp3) is 0.375. The number of rotatable bonds is 4. The van der Waals surface area contributed by atoms with Gasteiger partial charge >= 0.3 is 12.8 Å². The van der Waals surface area contributed by atoms with Crippen molar-refractivity contribution in [1.82, 2.24) is 10.3 Å². The molecule has 2 N–H and O–H groups in total. The van der Waals surface area contributed by atoms with Gasteiger partial charge in [-0.25, -0.2) is 0 Å². The zero-order valence-corrected chi connectivity index (χ0v) is 14.1. The third-order valence-corrected chi connectivity index (χ3v) is 4.54. The summed E-state index contributed by atoms with van der Waals surface area (Å²) in [6, 6.07) is 3.00. The summed E-state index contributed by atoms with van der Waals surface area (Å²) in [7, 11) is 0. The second kappa shape index (κ2) is 6.75. The summed E-state index contributed by atoms with van der Waals surface area (Å²) in [4.78, 5) is 16.1. The van der Waals surface area contributed by atoms with Crippen molar-refractivity contribution in [2.24, 2.45) is 0 Å². The van der Waals surface area contributed by atoms with E-state index in [9.17, 15) is 31.9 Å². The number of fused-ring (bicyclic) bond motifs is 1. The molecule has 0 unspecified atom stereocenters. The first-order valence-electron chi connectivity index (χ1n) is 7.62. The molecule has 1 aliphatic carbocycles. The summed E-state index contributed by atoms with van der Waals surface area (Å²) in [5.74, 6) is -0.951. The number of ether oxygens (including phenoxy) is 1. The average molecular weight is 411 g/mol. The lowest BCUT2D eigenvalue weighted by atomic mass is 9.75. The van der Waals surface area contributed by atoms with E-state index in [1.165, 1.54) is 18.2 Å². The fourth-order valence-corrected chi connectivity index (χ4v) is 3.01. The van der Waals surface area contributed by atoms with Crippen molar-refractivity contribution < 1.29 is 36.6 Å². The van der Waals surface area contributed by atoms with Crippen molar-refractivity contribution in [1.29, 1.82) is 0 Å². The number of aromatic nitrogens is 1. The lowest BCUT2D eigenvalue weighted by Crippen LogP contribution is -2.62. The predicted molar refractivity (Wildman–Crippen MR) is 84.9 cm³/mol. The number of carbonyl (C=O) groups is 1. The number of carbonyl (C=O) groups excluding carboxylic acids is 1. The molecular weight excluding hydrogens is 399 g/mol. The van der Waals surface area contributed by atoms with Crippen molar-refractivity contribution in [3.8, 4) is 5.75 Å². The van der Waals surface area contributed by atoms with E-state index in [-0.39, 0.29) is 21.9 Å². The number of alkyl halides is 5. The van der Waals surface area contributed by atoms with Gasteiger partial charge < -0.3 is 15.2 Å². The van der Waals surface area contributed by atoms with E-state index in [0.717, 1.165) is 6.20 Å². The van der Waals surface area contributed by atoms with Gasteiger partial charge in [-0.3, -0.25) is 9.78 Å². The Morgan fingerprint density at radius 3 is 2.59 bits per heavy atom. The van der Waals surface area contributed by atoms with Crippen LogP contribution in [-0.2, 0) is 0 Å². The maximum atomic E-state index is 12.6. The highest BCUT2D eigenvalue weighted by atomic mass is 35.5. The summed E-state index contributed by atoms with van der Waals surface area (Å²) < 4.78 is 66.7. The number of aliphatic hydroxyl groups is 1. The number of nitrogens with one attached hydrogen (secondary N) is 1. The molecular formula is C16H12ClF5N2O3. The summed E-state index contributed by atoms with van der Waals surface area (Å²) in [6.07, 6.45) is -4.88. The number of hydrogen-bond donors (Lipinski definition) is 2. The molecule has 1 aromatic heterocycles. The number of amides is 1. The largest absolute Gasteiger partial charge is 0.433 e. The minimum atomic E-state index is -4.76. The van der Waals surface area contributed by atoms with Gasteiger partial charge in [0.1, 0.15) is 5.75 Å². The maximum Gasteiger partial charge on any atom is 0.417 e. The summed E-state index contributed by atoms with van der Waals surface area (Å²) in [5.41, 5.74) is -2.51. The van der Waals surface area contributed by atoms with Crippen LogP contribution in [0.25, 0.3) is 10.9 Å². The zero-order valence-electron chi connectivity index (χ0n) is 13.4. The van der Waals surface area contributed by atoms with Crippen LogP contribution in [0.1, 0.15) is 23.2 Å². The topological polar surface area (TPSA) is 71.5 Å². The molecule has 0 saturated heterocycles. The average Bonchev–Trinajstić information content (AvgIpc) is 2.52. The van der Waals surface area contributed by atoms with E-state index in [4.69, 9.17) is 11.6 Å². The molecule has 0 radical (unpaired) electrons. The van der Waals surface area contributed by atoms with E-state index in [1.807, 2.05) is 0 Å². The van der Waals surface area contributed by atoms with Crippen LogP contribution < -0.4 is 10.1 Å². The van der Waals surface area contributed by atoms with Gasteiger partial charge in [-0.1, -0.05) is 11.6 Å². The Balaban J connectivity index is 1.73. The molecule has 2 aromatic rings. The standard InChI is InChI=1S/C16H12ClF5N2O3/c17-10-2-7-1-8(6-23-11(7)3-12(10)27-14(18)19)13(25)24-9-4-15(26,5-9)16(20,21)22/h1-3,6,9,14,26H,4-5H2,(H,24,25). The maximum absolute atomic E-state index is 12.6. The smallest absolute Gasteiger partial charge is 0.417 e. The molecule has 1 heterocycles. The first-order valence-corrected chi connectivity index (χ1v) is 8.00. The minimum absolute atomic E-state index is 0.0449. The van der Waals surface area contributed by atoms with Crippen molar-refractivity contribution in [2.45, 2.75) is 37.3 Å². The third kappa shape index (κ3) is 3.91. The molecule has 3 rings (SSSR count). The van der Waals surface area contributed by atoms with E-state index < -0.39 is 43.2 Å². The van der Waals surface area contributed by atoms with Crippen molar-refractivity contribution in [2.75, 3.05) is 0 Å². The van der Waals surface area contributed by atoms with Gasteiger partial charge in [0.05, 0.1) is 16.1 Å². The van der Waals surface area contributed by atoms with Gasteiger partial charge in [-0.05, 0) is 12.1 Å². The molecule has 0 bridgehead atoms. The Kier molecular flexibility index (Phi) is 4.89. The molecule has 1 aromatic carbocycles. The van der Waals surface area contributed by atoms with Crippen LogP contribution in [0.15, 0.2) is 24.4 Å². The molecule has 1 amide bonds. The number of hydrogen-bond acceptors (Lipinski definition) is 4. The number of pyridine rings is 1. The molecule has 1 fully saturated rings. The van der Waals surface area contributed by atoms with Gasteiger partial charge in [0.15, 0.2) is 5.60 Å². The number of halogens is 6. The van der Waals surface area contributed by atoms with E-state index in [1.54, 1.807) is 0 Å². The Morgan fingerprint density at radius 1 is 1.33 bits per heavy atom.